The highest BCUT2D eigenvalue weighted by atomic mass is 19.4. The van der Waals surface area contributed by atoms with Crippen LogP contribution in [0.5, 0.6) is 0 Å². The minimum atomic E-state index is -4.43. The molecule has 0 bridgehead atoms. The lowest BCUT2D eigenvalue weighted by Crippen LogP contribution is -2.15. The number of hydrogen-bond donors (Lipinski definition) is 1. The summed E-state index contributed by atoms with van der Waals surface area (Å²) in [6.45, 7) is 0.394. The van der Waals surface area contributed by atoms with E-state index in [1.54, 1.807) is 6.33 Å². The highest BCUT2D eigenvalue weighted by Crippen LogP contribution is 2.30. The van der Waals surface area contributed by atoms with Crippen LogP contribution < -0.4 is 5.32 Å². The van der Waals surface area contributed by atoms with Gasteiger partial charge in [-0.2, -0.15) is 13.2 Å². The number of aryl methyl sites for hydroxylation is 1. The number of benzene rings is 2. The highest BCUT2D eigenvalue weighted by Gasteiger charge is 2.30. The summed E-state index contributed by atoms with van der Waals surface area (Å²) in [5.74, 6) is -0.355. The van der Waals surface area contributed by atoms with Crippen molar-refractivity contribution in [1.82, 2.24) is 9.55 Å². The molecule has 1 aromatic heterocycles. The normalized spacial score (nSPS) is 11.6. The number of nitrogens with zero attached hydrogens (tertiary/aromatic N) is 2. The zero-order chi connectivity index (χ0) is 17.2. The zero-order valence-corrected chi connectivity index (χ0v) is 12.5. The molecule has 1 N–H and O–H groups in total. The van der Waals surface area contributed by atoms with Gasteiger partial charge in [-0.1, -0.05) is 18.2 Å². The summed E-state index contributed by atoms with van der Waals surface area (Å²) < 4.78 is 39.8. The highest BCUT2D eigenvalue weighted by molar-refractivity contribution is 5.90. The number of para-hydroxylation sites is 2. The molecule has 0 saturated carbocycles. The van der Waals surface area contributed by atoms with E-state index in [2.05, 4.69) is 10.3 Å². The van der Waals surface area contributed by atoms with E-state index in [1.807, 2.05) is 28.8 Å². The molecule has 1 amide bonds. The van der Waals surface area contributed by atoms with E-state index in [4.69, 9.17) is 0 Å². The Morgan fingerprint density at radius 1 is 1.12 bits per heavy atom. The molecule has 1 heterocycles. The summed E-state index contributed by atoms with van der Waals surface area (Å²) in [7, 11) is 0. The van der Waals surface area contributed by atoms with Gasteiger partial charge >= 0.3 is 6.18 Å². The Labute approximate surface area is 135 Å². The minimum absolute atomic E-state index is 0.130. The third-order valence-corrected chi connectivity index (χ3v) is 3.58. The first-order chi connectivity index (χ1) is 11.4. The predicted octanol–water partition coefficient (Wildman–Crippen LogP) is 4.08. The second-order valence-electron chi connectivity index (χ2n) is 5.30. The Hall–Kier alpha value is -2.83. The van der Waals surface area contributed by atoms with Gasteiger partial charge in [-0.3, -0.25) is 4.79 Å². The van der Waals surface area contributed by atoms with Gasteiger partial charge in [0, 0.05) is 18.7 Å². The number of halogens is 3. The smallest absolute Gasteiger partial charge is 0.330 e. The Balaban J connectivity index is 1.64. The molecular formula is C17H14F3N3O. The van der Waals surface area contributed by atoms with E-state index >= 15 is 0 Å². The summed E-state index contributed by atoms with van der Waals surface area (Å²) in [5.41, 5.74) is 1.08. The second kappa shape index (κ2) is 6.35. The van der Waals surface area contributed by atoms with E-state index in [1.165, 1.54) is 12.1 Å². The molecule has 4 nitrogen and oxygen atoms in total. The molecule has 0 aliphatic rings. The standard InChI is InChI=1S/C17H14F3N3O/c18-17(19,20)12-4-3-5-13(10-12)22-16(24)8-9-23-11-21-14-6-1-2-7-15(14)23/h1-7,10-11H,8-9H2,(H,22,24). The van der Waals surface area contributed by atoms with E-state index in [0.29, 0.717) is 6.54 Å². The van der Waals surface area contributed by atoms with Gasteiger partial charge in [0.2, 0.25) is 5.91 Å². The maximum atomic E-state index is 12.7. The Morgan fingerprint density at radius 2 is 1.92 bits per heavy atom. The first-order valence-electron chi connectivity index (χ1n) is 7.30. The van der Waals surface area contributed by atoms with Gasteiger partial charge in [-0.25, -0.2) is 4.98 Å². The summed E-state index contributed by atoms with van der Waals surface area (Å²) in [6, 6.07) is 12.1. The van der Waals surface area contributed by atoms with Crippen LogP contribution in [0, 0.1) is 0 Å². The lowest BCUT2D eigenvalue weighted by molar-refractivity contribution is -0.137. The van der Waals surface area contributed by atoms with Crippen molar-refractivity contribution < 1.29 is 18.0 Å². The van der Waals surface area contributed by atoms with Crippen LogP contribution in [0.15, 0.2) is 54.9 Å². The molecule has 0 aliphatic heterocycles. The topological polar surface area (TPSA) is 46.9 Å². The number of nitrogens with one attached hydrogen (secondary N) is 1. The van der Waals surface area contributed by atoms with Crippen LogP contribution in [0.2, 0.25) is 0 Å². The van der Waals surface area contributed by atoms with Crippen molar-refractivity contribution in [2.75, 3.05) is 5.32 Å². The van der Waals surface area contributed by atoms with Crippen molar-refractivity contribution in [3.8, 4) is 0 Å². The largest absolute Gasteiger partial charge is 0.416 e. The van der Waals surface area contributed by atoms with Crippen molar-refractivity contribution >= 4 is 22.6 Å². The molecule has 7 heteroatoms. The summed E-state index contributed by atoms with van der Waals surface area (Å²) in [6.07, 6.45) is -2.66. The van der Waals surface area contributed by atoms with Gasteiger partial charge < -0.3 is 9.88 Å². The van der Waals surface area contributed by atoms with E-state index < -0.39 is 11.7 Å². The van der Waals surface area contributed by atoms with Crippen molar-refractivity contribution in [2.45, 2.75) is 19.1 Å². The first kappa shape index (κ1) is 16.0. The van der Waals surface area contributed by atoms with Gasteiger partial charge in [0.15, 0.2) is 0 Å². The number of alkyl halides is 3. The van der Waals surface area contributed by atoms with Crippen LogP contribution in [-0.2, 0) is 17.5 Å². The fraction of sp³-hybridized carbons (Fsp3) is 0.176. The Kier molecular flexibility index (Phi) is 4.24. The maximum Gasteiger partial charge on any atom is 0.416 e. The van der Waals surface area contributed by atoms with Crippen molar-refractivity contribution in [2.24, 2.45) is 0 Å². The molecule has 0 unspecified atom stereocenters. The molecule has 124 valence electrons. The van der Waals surface area contributed by atoms with Gasteiger partial charge in [-0.15, -0.1) is 0 Å². The molecule has 3 rings (SSSR count). The summed E-state index contributed by atoms with van der Waals surface area (Å²) in [5, 5.41) is 2.49. The number of anilines is 1. The Morgan fingerprint density at radius 3 is 2.71 bits per heavy atom. The lowest BCUT2D eigenvalue weighted by Gasteiger charge is -2.10. The number of carbonyl (C=O) groups is 1. The molecular weight excluding hydrogens is 319 g/mol. The van der Waals surface area contributed by atoms with Crippen molar-refractivity contribution in [3.63, 3.8) is 0 Å². The Bertz CT molecular complexity index is 871. The molecule has 0 saturated heterocycles. The number of fused-ring (bicyclic) bond motifs is 1. The molecule has 0 aliphatic carbocycles. The zero-order valence-electron chi connectivity index (χ0n) is 12.5. The van der Waals surface area contributed by atoms with Crippen LogP contribution >= 0.6 is 0 Å². The average Bonchev–Trinajstić information content (AvgIpc) is 2.96. The van der Waals surface area contributed by atoms with Crippen molar-refractivity contribution in [1.29, 1.82) is 0 Å². The number of aromatic nitrogens is 2. The molecule has 0 spiro atoms. The predicted molar refractivity (Wildman–Crippen MR) is 84.4 cm³/mol. The molecule has 0 atom stereocenters. The lowest BCUT2D eigenvalue weighted by atomic mass is 10.2. The third kappa shape index (κ3) is 3.56. The number of amides is 1. The molecule has 2 aromatic carbocycles. The van der Waals surface area contributed by atoms with E-state index in [-0.39, 0.29) is 18.0 Å². The number of hydrogen-bond acceptors (Lipinski definition) is 2. The fourth-order valence-electron chi connectivity index (χ4n) is 2.41. The van der Waals surface area contributed by atoms with Crippen LogP contribution in [-0.4, -0.2) is 15.5 Å². The number of carbonyl (C=O) groups excluding carboxylic acids is 1. The monoisotopic (exact) mass is 333 g/mol. The minimum Gasteiger partial charge on any atom is -0.330 e. The van der Waals surface area contributed by atoms with Crippen LogP contribution in [0.3, 0.4) is 0 Å². The number of rotatable bonds is 4. The number of imidazole rings is 1. The van der Waals surface area contributed by atoms with E-state index in [0.717, 1.165) is 23.2 Å². The second-order valence-corrected chi connectivity index (χ2v) is 5.30. The van der Waals surface area contributed by atoms with Crippen LogP contribution in [0.4, 0.5) is 18.9 Å². The van der Waals surface area contributed by atoms with Gasteiger partial charge in [0.1, 0.15) is 0 Å². The maximum absolute atomic E-state index is 12.7. The van der Waals surface area contributed by atoms with Gasteiger partial charge in [-0.05, 0) is 30.3 Å². The SMILES string of the molecule is O=C(CCn1cnc2ccccc21)Nc1cccc(C(F)(F)F)c1. The fourth-order valence-corrected chi connectivity index (χ4v) is 2.41. The first-order valence-corrected chi connectivity index (χ1v) is 7.30. The summed E-state index contributed by atoms with van der Waals surface area (Å²) >= 11 is 0. The average molecular weight is 333 g/mol. The molecule has 0 radical (unpaired) electrons. The van der Waals surface area contributed by atoms with Crippen molar-refractivity contribution in [3.05, 3.63) is 60.4 Å². The molecule has 0 fully saturated rings. The van der Waals surface area contributed by atoms with Crippen LogP contribution in [0.1, 0.15) is 12.0 Å². The summed E-state index contributed by atoms with van der Waals surface area (Å²) in [4.78, 5) is 16.2. The van der Waals surface area contributed by atoms with E-state index in [9.17, 15) is 18.0 Å². The van der Waals surface area contributed by atoms with Gasteiger partial charge in [0.05, 0.1) is 22.9 Å². The molecule has 3 aromatic rings. The quantitative estimate of drug-likeness (QED) is 0.782. The van der Waals surface area contributed by atoms with Gasteiger partial charge in [0.25, 0.3) is 0 Å². The molecule has 24 heavy (non-hydrogen) atoms. The third-order valence-electron chi connectivity index (χ3n) is 3.58. The van der Waals surface area contributed by atoms with Crippen LogP contribution in [0.25, 0.3) is 11.0 Å².